The Labute approximate surface area is 110 Å². The molecule has 2 aromatic rings. The molecule has 4 nitrogen and oxygen atoms in total. The van der Waals surface area contributed by atoms with Gasteiger partial charge in [-0.25, -0.2) is 9.18 Å². The summed E-state index contributed by atoms with van der Waals surface area (Å²) in [5.41, 5.74) is 0.612. The Morgan fingerprint density at radius 2 is 2.11 bits per heavy atom. The first kappa shape index (κ1) is 12.8. The van der Waals surface area contributed by atoms with Crippen LogP contribution in [0.3, 0.4) is 0 Å². The van der Waals surface area contributed by atoms with Gasteiger partial charge in [0.05, 0.1) is 11.0 Å². The topological polar surface area (TPSA) is 54.9 Å². The molecule has 0 saturated heterocycles. The standard InChI is InChI=1S/C12H10BrFN2O2/c1-7-4-9(14)3-2-8(7)5-16-6-10(13)11(17)15-12(16)18/h2-4,6H,5H2,1H3,(H,15,17,18). The first-order valence-electron chi connectivity index (χ1n) is 5.21. The predicted octanol–water partition coefficient (Wildman–Crippen LogP) is 1.79. The third kappa shape index (κ3) is 2.59. The van der Waals surface area contributed by atoms with Crippen molar-refractivity contribution in [2.24, 2.45) is 0 Å². The normalized spacial score (nSPS) is 10.6. The summed E-state index contributed by atoms with van der Waals surface area (Å²) in [7, 11) is 0. The van der Waals surface area contributed by atoms with Crippen LogP contribution in [0, 0.1) is 12.7 Å². The highest BCUT2D eigenvalue weighted by Crippen LogP contribution is 2.11. The van der Waals surface area contributed by atoms with Gasteiger partial charge in [-0.05, 0) is 46.1 Å². The number of rotatable bonds is 2. The highest BCUT2D eigenvalue weighted by molar-refractivity contribution is 9.10. The van der Waals surface area contributed by atoms with E-state index >= 15 is 0 Å². The van der Waals surface area contributed by atoms with E-state index in [1.807, 2.05) is 0 Å². The molecule has 0 radical (unpaired) electrons. The lowest BCUT2D eigenvalue weighted by atomic mass is 10.1. The molecule has 0 aliphatic carbocycles. The van der Waals surface area contributed by atoms with Crippen LogP contribution in [0.25, 0.3) is 0 Å². The fourth-order valence-electron chi connectivity index (χ4n) is 1.62. The highest BCUT2D eigenvalue weighted by Gasteiger charge is 2.05. The molecule has 1 heterocycles. The number of benzene rings is 1. The lowest BCUT2D eigenvalue weighted by Gasteiger charge is -2.08. The summed E-state index contributed by atoms with van der Waals surface area (Å²) >= 11 is 3.06. The fraction of sp³-hybridized carbons (Fsp3) is 0.167. The summed E-state index contributed by atoms with van der Waals surface area (Å²) in [5, 5.41) is 0. The Hall–Kier alpha value is -1.69. The molecule has 0 bridgehead atoms. The second kappa shape index (κ2) is 4.89. The average Bonchev–Trinajstić information content (AvgIpc) is 2.29. The second-order valence-electron chi connectivity index (χ2n) is 3.94. The van der Waals surface area contributed by atoms with Crippen molar-refractivity contribution in [3.05, 3.63) is 66.7 Å². The van der Waals surface area contributed by atoms with Crippen LogP contribution in [0.2, 0.25) is 0 Å². The van der Waals surface area contributed by atoms with E-state index in [1.54, 1.807) is 13.0 Å². The summed E-state index contributed by atoms with van der Waals surface area (Å²) < 4.78 is 14.6. The third-order valence-electron chi connectivity index (χ3n) is 2.61. The molecule has 18 heavy (non-hydrogen) atoms. The molecule has 1 aromatic heterocycles. The average molecular weight is 313 g/mol. The van der Waals surface area contributed by atoms with Gasteiger partial charge >= 0.3 is 5.69 Å². The van der Waals surface area contributed by atoms with Crippen molar-refractivity contribution in [2.45, 2.75) is 13.5 Å². The molecular formula is C12H10BrFN2O2. The van der Waals surface area contributed by atoms with Crippen LogP contribution in [0.1, 0.15) is 11.1 Å². The van der Waals surface area contributed by atoms with Gasteiger partial charge in [-0.3, -0.25) is 14.3 Å². The number of aromatic amines is 1. The third-order valence-corrected chi connectivity index (χ3v) is 3.18. The number of aryl methyl sites for hydroxylation is 1. The van der Waals surface area contributed by atoms with Crippen molar-refractivity contribution < 1.29 is 4.39 Å². The molecule has 0 spiro atoms. The van der Waals surface area contributed by atoms with Gasteiger partial charge in [0.25, 0.3) is 5.56 Å². The van der Waals surface area contributed by atoms with Crippen molar-refractivity contribution in [3.8, 4) is 0 Å². The number of aromatic nitrogens is 2. The molecule has 0 unspecified atom stereocenters. The molecule has 0 atom stereocenters. The van der Waals surface area contributed by atoms with Gasteiger partial charge in [0.2, 0.25) is 0 Å². The monoisotopic (exact) mass is 312 g/mol. The number of H-pyrrole nitrogens is 1. The molecule has 0 aliphatic heterocycles. The minimum Gasteiger partial charge on any atom is -0.295 e. The molecule has 2 rings (SSSR count). The highest BCUT2D eigenvalue weighted by atomic mass is 79.9. The lowest BCUT2D eigenvalue weighted by Crippen LogP contribution is -2.30. The molecule has 1 aromatic carbocycles. The molecule has 0 aliphatic rings. The zero-order chi connectivity index (χ0) is 13.3. The quantitative estimate of drug-likeness (QED) is 0.919. The first-order valence-corrected chi connectivity index (χ1v) is 6.01. The Bertz CT molecular complexity index is 706. The molecule has 0 amide bonds. The molecule has 94 valence electrons. The van der Waals surface area contributed by atoms with E-state index in [9.17, 15) is 14.0 Å². The Morgan fingerprint density at radius 1 is 1.39 bits per heavy atom. The maximum Gasteiger partial charge on any atom is 0.328 e. The number of nitrogens with one attached hydrogen (secondary N) is 1. The molecule has 6 heteroatoms. The van der Waals surface area contributed by atoms with Crippen LogP contribution in [-0.4, -0.2) is 9.55 Å². The summed E-state index contributed by atoms with van der Waals surface area (Å²) in [4.78, 5) is 25.0. The number of hydrogen-bond donors (Lipinski definition) is 1. The largest absolute Gasteiger partial charge is 0.328 e. The van der Waals surface area contributed by atoms with E-state index in [4.69, 9.17) is 0 Å². The van der Waals surface area contributed by atoms with Crippen molar-refractivity contribution in [3.63, 3.8) is 0 Å². The van der Waals surface area contributed by atoms with E-state index in [2.05, 4.69) is 20.9 Å². The van der Waals surface area contributed by atoms with Gasteiger partial charge in [-0.15, -0.1) is 0 Å². The van der Waals surface area contributed by atoms with Gasteiger partial charge in [0, 0.05) is 6.20 Å². The van der Waals surface area contributed by atoms with Gasteiger partial charge in [0.15, 0.2) is 0 Å². The summed E-state index contributed by atoms with van der Waals surface area (Å²) in [6.45, 7) is 2.05. The van der Waals surface area contributed by atoms with Crippen LogP contribution >= 0.6 is 15.9 Å². The summed E-state index contributed by atoms with van der Waals surface area (Å²) in [5.74, 6) is -0.314. The zero-order valence-electron chi connectivity index (χ0n) is 9.54. The minimum absolute atomic E-state index is 0.278. The Kier molecular flexibility index (Phi) is 3.47. The van der Waals surface area contributed by atoms with Crippen LogP contribution in [-0.2, 0) is 6.54 Å². The molecule has 0 saturated carbocycles. The Morgan fingerprint density at radius 3 is 2.78 bits per heavy atom. The van der Waals surface area contributed by atoms with Crippen LogP contribution in [0.15, 0.2) is 38.5 Å². The maximum atomic E-state index is 13.0. The Balaban J connectivity index is 2.43. The predicted molar refractivity (Wildman–Crippen MR) is 69.3 cm³/mol. The smallest absolute Gasteiger partial charge is 0.295 e. The minimum atomic E-state index is -0.494. The van der Waals surface area contributed by atoms with Crippen LogP contribution in [0.5, 0.6) is 0 Å². The SMILES string of the molecule is Cc1cc(F)ccc1Cn1cc(Br)c(=O)[nH]c1=O. The van der Waals surface area contributed by atoms with Gasteiger partial charge in [-0.2, -0.15) is 0 Å². The lowest BCUT2D eigenvalue weighted by molar-refractivity contribution is 0.623. The van der Waals surface area contributed by atoms with Crippen LogP contribution < -0.4 is 11.2 Å². The second-order valence-corrected chi connectivity index (χ2v) is 4.79. The van der Waals surface area contributed by atoms with Crippen molar-refractivity contribution >= 4 is 15.9 Å². The number of nitrogens with zero attached hydrogens (tertiary/aromatic N) is 1. The van der Waals surface area contributed by atoms with E-state index in [0.29, 0.717) is 0 Å². The molecule has 0 fully saturated rings. The summed E-state index contributed by atoms with van der Waals surface area (Å²) in [6.07, 6.45) is 1.42. The van der Waals surface area contributed by atoms with Crippen molar-refractivity contribution in [1.29, 1.82) is 0 Å². The van der Waals surface area contributed by atoms with Crippen molar-refractivity contribution in [1.82, 2.24) is 9.55 Å². The van der Waals surface area contributed by atoms with Gasteiger partial charge in [0.1, 0.15) is 5.82 Å². The first-order chi connectivity index (χ1) is 8.47. The number of halogens is 2. The maximum absolute atomic E-state index is 13.0. The van der Waals surface area contributed by atoms with Gasteiger partial charge < -0.3 is 0 Å². The molecular weight excluding hydrogens is 303 g/mol. The fourth-order valence-corrected chi connectivity index (χ4v) is 1.97. The number of hydrogen-bond acceptors (Lipinski definition) is 2. The summed E-state index contributed by atoms with van der Waals surface area (Å²) in [6, 6.07) is 4.37. The zero-order valence-corrected chi connectivity index (χ0v) is 11.1. The van der Waals surface area contributed by atoms with Gasteiger partial charge in [-0.1, -0.05) is 6.07 Å². The van der Waals surface area contributed by atoms with E-state index < -0.39 is 11.2 Å². The van der Waals surface area contributed by atoms with E-state index in [1.165, 1.54) is 22.9 Å². The van der Waals surface area contributed by atoms with Crippen molar-refractivity contribution in [2.75, 3.05) is 0 Å². The van der Waals surface area contributed by atoms with E-state index in [0.717, 1.165) is 11.1 Å². The van der Waals surface area contributed by atoms with Crippen LogP contribution in [0.4, 0.5) is 4.39 Å². The molecule has 1 N–H and O–H groups in total. The van der Waals surface area contributed by atoms with E-state index in [-0.39, 0.29) is 16.8 Å².